The third-order valence-electron chi connectivity index (χ3n) is 2.55. The summed E-state index contributed by atoms with van der Waals surface area (Å²) in [6, 6.07) is 10.7. The molecule has 0 amide bonds. The van der Waals surface area contributed by atoms with Crippen LogP contribution in [-0.2, 0) is 11.2 Å². The number of pyridine rings is 1. The Kier molecular flexibility index (Phi) is 4.05. The number of aryl methyl sites for hydroxylation is 1. The van der Waals surface area contributed by atoms with Crippen LogP contribution in [0.25, 0.3) is 0 Å². The Balaban J connectivity index is 1.99. The first kappa shape index (κ1) is 13.7. The molecule has 2 rings (SSSR count). The van der Waals surface area contributed by atoms with Crippen molar-refractivity contribution < 1.29 is 14.5 Å². The van der Waals surface area contributed by atoms with Crippen LogP contribution in [0.4, 0.5) is 5.69 Å². The lowest BCUT2D eigenvalue weighted by molar-refractivity contribution is -0.384. The van der Waals surface area contributed by atoms with Crippen molar-refractivity contribution in [3.63, 3.8) is 0 Å². The minimum Gasteiger partial charge on any atom is -0.426 e. The Labute approximate surface area is 115 Å². The SMILES string of the molecule is Cc1cccc(CC(=O)Oc2ccc([N+](=O)[O-])cc2)n1. The highest BCUT2D eigenvalue weighted by Crippen LogP contribution is 2.17. The first-order chi connectivity index (χ1) is 9.54. The Morgan fingerprint density at radius 2 is 1.95 bits per heavy atom. The first-order valence-corrected chi connectivity index (χ1v) is 5.92. The van der Waals surface area contributed by atoms with Crippen LogP contribution in [0.15, 0.2) is 42.5 Å². The number of benzene rings is 1. The zero-order valence-corrected chi connectivity index (χ0v) is 10.8. The molecule has 0 radical (unpaired) electrons. The molecule has 0 fully saturated rings. The number of nitro benzene ring substituents is 1. The average Bonchev–Trinajstić information content (AvgIpc) is 2.39. The first-order valence-electron chi connectivity index (χ1n) is 5.92. The van der Waals surface area contributed by atoms with Crippen molar-refractivity contribution in [2.24, 2.45) is 0 Å². The molecule has 0 saturated carbocycles. The van der Waals surface area contributed by atoms with Crippen molar-refractivity contribution in [2.45, 2.75) is 13.3 Å². The van der Waals surface area contributed by atoms with Crippen LogP contribution in [0.2, 0.25) is 0 Å². The van der Waals surface area contributed by atoms with Crippen molar-refractivity contribution in [1.82, 2.24) is 4.98 Å². The zero-order valence-electron chi connectivity index (χ0n) is 10.8. The summed E-state index contributed by atoms with van der Waals surface area (Å²) in [6.07, 6.45) is 0.0542. The van der Waals surface area contributed by atoms with Gasteiger partial charge in [0.2, 0.25) is 0 Å². The highest BCUT2D eigenvalue weighted by Gasteiger charge is 2.09. The summed E-state index contributed by atoms with van der Waals surface area (Å²) in [4.78, 5) is 25.9. The van der Waals surface area contributed by atoms with Crippen LogP contribution in [0.5, 0.6) is 5.75 Å². The quantitative estimate of drug-likeness (QED) is 0.369. The minimum atomic E-state index is -0.512. The lowest BCUT2D eigenvalue weighted by atomic mass is 10.2. The maximum absolute atomic E-state index is 11.7. The molecule has 2 aromatic rings. The van der Waals surface area contributed by atoms with E-state index in [0.717, 1.165) is 5.69 Å². The normalized spacial score (nSPS) is 10.1. The van der Waals surface area contributed by atoms with Gasteiger partial charge in [0.1, 0.15) is 5.75 Å². The molecule has 20 heavy (non-hydrogen) atoms. The number of carbonyl (C=O) groups excluding carboxylic acids is 1. The molecular formula is C14H12N2O4. The van der Waals surface area contributed by atoms with Crippen molar-refractivity contribution in [1.29, 1.82) is 0 Å². The van der Waals surface area contributed by atoms with E-state index in [-0.39, 0.29) is 17.9 Å². The largest absolute Gasteiger partial charge is 0.426 e. The molecule has 0 spiro atoms. The lowest BCUT2D eigenvalue weighted by Crippen LogP contribution is -2.12. The zero-order chi connectivity index (χ0) is 14.5. The van der Waals surface area contributed by atoms with Gasteiger partial charge in [-0.1, -0.05) is 6.07 Å². The smallest absolute Gasteiger partial charge is 0.317 e. The molecule has 0 bridgehead atoms. The Morgan fingerprint density at radius 1 is 1.25 bits per heavy atom. The van der Waals surface area contributed by atoms with Gasteiger partial charge in [0.25, 0.3) is 5.69 Å². The number of hydrogen-bond donors (Lipinski definition) is 0. The number of nitro groups is 1. The fraction of sp³-hybridized carbons (Fsp3) is 0.143. The second kappa shape index (κ2) is 5.92. The number of carbonyl (C=O) groups is 1. The molecule has 0 aliphatic carbocycles. The molecule has 6 heteroatoms. The van der Waals surface area contributed by atoms with Gasteiger partial charge >= 0.3 is 5.97 Å². The number of rotatable bonds is 4. The van der Waals surface area contributed by atoms with Gasteiger partial charge in [0.15, 0.2) is 0 Å². The van der Waals surface area contributed by atoms with Crippen molar-refractivity contribution >= 4 is 11.7 Å². The van der Waals surface area contributed by atoms with E-state index in [1.54, 1.807) is 6.07 Å². The van der Waals surface area contributed by atoms with Crippen LogP contribution in [0.1, 0.15) is 11.4 Å². The highest BCUT2D eigenvalue weighted by atomic mass is 16.6. The molecular weight excluding hydrogens is 260 g/mol. The number of ether oxygens (including phenoxy) is 1. The van der Waals surface area contributed by atoms with Gasteiger partial charge < -0.3 is 4.74 Å². The van der Waals surface area contributed by atoms with Crippen LogP contribution in [0, 0.1) is 17.0 Å². The number of non-ortho nitro benzene ring substituents is 1. The van der Waals surface area contributed by atoms with Gasteiger partial charge in [-0.25, -0.2) is 0 Å². The Hall–Kier alpha value is -2.76. The minimum absolute atomic E-state index is 0.0508. The average molecular weight is 272 g/mol. The molecule has 0 N–H and O–H groups in total. The van der Waals surface area contributed by atoms with Crippen LogP contribution in [-0.4, -0.2) is 15.9 Å². The molecule has 1 heterocycles. The number of nitrogens with zero attached hydrogens (tertiary/aromatic N) is 2. The van der Waals surface area contributed by atoms with E-state index < -0.39 is 10.9 Å². The van der Waals surface area contributed by atoms with Gasteiger partial charge in [-0.05, 0) is 31.2 Å². The second-order valence-corrected chi connectivity index (χ2v) is 4.17. The summed E-state index contributed by atoms with van der Waals surface area (Å²) in [5, 5.41) is 10.5. The molecule has 0 atom stereocenters. The van der Waals surface area contributed by atoms with E-state index in [4.69, 9.17) is 4.74 Å². The van der Waals surface area contributed by atoms with Crippen LogP contribution < -0.4 is 4.74 Å². The third kappa shape index (κ3) is 3.61. The number of aromatic nitrogens is 1. The van der Waals surface area contributed by atoms with E-state index in [1.807, 2.05) is 19.1 Å². The number of hydrogen-bond acceptors (Lipinski definition) is 5. The van der Waals surface area contributed by atoms with E-state index in [0.29, 0.717) is 5.69 Å². The number of esters is 1. The molecule has 0 unspecified atom stereocenters. The molecule has 0 aliphatic heterocycles. The van der Waals surface area contributed by atoms with E-state index >= 15 is 0 Å². The van der Waals surface area contributed by atoms with Gasteiger partial charge in [-0.15, -0.1) is 0 Å². The van der Waals surface area contributed by atoms with Crippen LogP contribution >= 0.6 is 0 Å². The predicted molar refractivity (Wildman–Crippen MR) is 71.4 cm³/mol. The lowest BCUT2D eigenvalue weighted by Gasteiger charge is -2.04. The Bertz CT molecular complexity index is 638. The summed E-state index contributed by atoms with van der Waals surface area (Å²) in [6.45, 7) is 1.84. The molecule has 1 aromatic heterocycles. The molecule has 0 aliphatic rings. The van der Waals surface area contributed by atoms with Gasteiger partial charge in [0.05, 0.1) is 17.0 Å². The van der Waals surface area contributed by atoms with E-state index in [2.05, 4.69) is 4.98 Å². The predicted octanol–water partition coefficient (Wildman–Crippen LogP) is 2.45. The molecule has 0 saturated heterocycles. The molecule has 6 nitrogen and oxygen atoms in total. The standard InChI is InChI=1S/C14H12N2O4/c1-10-3-2-4-11(15-10)9-14(17)20-13-7-5-12(6-8-13)16(18)19/h2-8H,9H2,1H3. The second-order valence-electron chi connectivity index (χ2n) is 4.17. The summed E-state index contributed by atoms with van der Waals surface area (Å²) in [5.41, 5.74) is 1.40. The fourth-order valence-corrected chi connectivity index (χ4v) is 1.65. The topological polar surface area (TPSA) is 82.3 Å². The van der Waals surface area contributed by atoms with Gasteiger partial charge in [0, 0.05) is 17.8 Å². The van der Waals surface area contributed by atoms with Gasteiger partial charge in [-0.2, -0.15) is 0 Å². The van der Waals surface area contributed by atoms with Crippen molar-refractivity contribution in [3.05, 3.63) is 64.0 Å². The highest BCUT2D eigenvalue weighted by molar-refractivity contribution is 5.74. The summed E-state index contributed by atoms with van der Waals surface area (Å²) >= 11 is 0. The monoisotopic (exact) mass is 272 g/mol. The summed E-state index contributed by atoms with van der Waals surface area (Å²) in [7, 11) is 0. The molecule has 1 aromatic carbocycles. The maximum Gasteiger partial charge on any atom is 0.317 e. The van der Waals surface area contributed by atoms with Gasteiger partial charge in [-0.3, -0.25) is 19.9 Å². The fourth-order valence-electron chi connectivity index (χ4n) is 1.65. The van der Waals surface area contributed by atoms with Crippen molar-refractivity contribution in [3.8, 4) is 5.75 Å². The van der Waals surface area contributed by atoms with Crippen molar-refractivity contribution in [2.75, 3.05) is 0 Å². The molecule has 102 valence electrons. The van der Waals surface area contributed by atoms with E-state index in [9.17, 15) is 14.9 Å². The summed E-state index contributed by atoms with van der Waals surface area (Å²) < 4.78 is 5.09. The Morgan fingerprint density at radius 3 is 2.55 bits per heavy atom. The van der Waals surface area contributed by atoms with E-state index in [1.165, 1.54) is 24.3 Å². The maximum atomic E-state index is 11.7. The summed E-state index contributed by atoms with van der Waals surface area (Å²) in [5.74, 6) is -0.190. The van der Waals surface area contributed by atoms with Crippen LogP contribution in [0.3, 0.4) is 0 Å². The third-order valence-corrected chi connectivity index (χ3v) is 2.55.